The second-order valence-electron chi connectivity index (χ2n) is 4.15. The monoisotopic (exact) mass is 303 g/mol. The molecule has 0 unspecified atom stereocenters. The second kappa shape index (κ2) is 5.37. The van der Waals surface area contributed by atoms with Crippen molar-refractivity contribution < 1.29 is 9.53 Å². The van der Waals surface area contributed by atoms with Gasteiger partial charge < -0.3 is 9.72 Å². The van der Waals surface area contributed by atoms with E-state index in [-0.39, 0.29) is 22.9 Å². The molecule has 3 aromatic rings. The van der Waals surface area contributed by atoms with Crippen molar-refractivity contribution in [1.29, 1.82) is 0 Å². The number of anilines is 1. The minimum atomic E-state index is -0.351. The second-order valence-corrected chi connectivity index (χ2v) is 4.53. The Hall–Kier alpha value is -2.67. The van der Waals surface area contributed by atoms with Gasteiger partial charge in [-0.25, -0.2) is 9.97 Å². The summed E-state index contributed by atoms with van der Waals surface area (Å²) < 4.78 is 4.97. The summed E-state index contributed by atoms with van der Waals surface area (Å²) in [6.07, 6.45) is 1.57. The summed E-state index contributed by atoms with van der Waals surface area (Å²) in [6.45, 7) is 0. The van der Waals surface area contributed by atoms with Crippen LogP contribution in [-0.4, -0.2) is 33.0 Å². The van der Waals surface area contributed by atoms with Crippen molar-refractivity contribution >= 4 is 34.5 Å². The summed E-state index contributed by atoms with van der Waals surface area (Å²) in [7, 11) is 1.45. The van der Waals surface area contributed by atoms with E-state index in [1.807, 2.05) is 0 Å². The first-order chi connectivity index (χ1) is 10.2. The predicted octanol–water partition coefficient (Wildman–Crippen LogP) is 2.27. The van der Waals surface area contributed by atoms with Crippen molar-refractivity contribution in [3.05, 3.63) is 41.3 Å². The van der Waals surface area contributed by atoms with Crippen molar-refractivity contribution in [3.63, 3.8) is 0 Å². The molecule has 0 atom stereocenters. The molecule has 21 heavy (non-hydrogen) atoms. The molecule has 7 nitrogen and oxygen atoms in total. The summed E-state index contributed by atoms with van der Waals surface area (Å²) in [6, 6.07) is 6.56. The van der Waals surface area contributed by atoms with Crippen LogP contribution in [0.25, 0.3) is 11.0 Å². The number of carbonyl (C=O) groups excluding carboxylic acids is 1. The van der Waals surface area contributed by atoms with Crippen molar-refractivity contribution in [2.75, 3.05) is 12.4 Å². The molecular formula is C13H10ClN5O2. The highest BCUT2D eigenvalue weighted by Crippen LogP contribution is 2.17. The molecule has 2 N–H and O–H groups in total. The zero-order valence-electron chi connectivity index (χ0n) is 10.9. The molecule has 0 spiro atoms. The number of H-pyrrole nitrogens is 1. The highest BCUT2D eigenvalue weighted by Gasteiger charge is 2.11. The van der Waals surface area contributed by atoms with Gasteiger partial charge in [-0.2, -0.15) is 4.98 Å². The van der Waals surface area contributed by atoms with E-state index in [9.17, 15) is 4.79 Å². The van der Waals surface area contributed by atoms with Gasteiger partial charge in [-0.05, 0) is 18.2 Å². The highest BCUT2D eigenvalue weighted by atomic mass is 35.5. The lowest BCUT2D eigenvalue weighted by Crippen LogP contribution is -2.14. The van der Waals surface area contributed by atoms with Gasteiger partial charge in [-0.15, -0.1) is 0 Å². The molecule has 0 saturated carbocycles. The number of nitrogens with one attached hydrogen (secondary N) is 2. The van der Waals surface area contributed by atoms with Gasteiger partial charge in [-0.3, -0.25) is 10.1 Å². The quantitative estimate of drug-likeness (QED) is 0.724. The maximum Gasteiger partial charge on any atom is 0.258 e. The Bertz CT molecular complexity index is 817. The molecule has 0 aliphatic carbocycles. The molecular weight excluding hydrogens is 294 g/mol. The Morgan fingerprint density at radius 3 is 3.00 bits per heavy atom. The van der Waals surface area contributed by atoms with E-state index in [0.29, 0.717) is 5.56 Å². The number of nitrogens with zero attached hydrogens (tertiary/aromatic N) is 3. The normalized spacial score (nSPS) is 10.6. The van der Waals surface area contributed by atoms with Crippen LogP contribution in [0.5, 0.6) is 5.88 Å². The molecule has 8 heteroatoms. The number of carbonyl (C=O) groups is 1. The Kier molecular flexibility index (Phi) is 3.41. The first-order valence-corrected chi connectivity index (χ1v) is 6.36. The van der Waals surface area contributed by atoms with E-state index >= 15 is 0 Å². The lowest BCUT2D eigenvalue weighted by Gasteiger charge is -2.06. The predicted molar refractivity (Wildman–Crippen MR) is 77.6 cm³/mol. The number of hydrogen-bond donors (Lipinski definition) is 2. The van der Waals surface area contributed by atoms with Crippen LogP contribution in [-0.2, 0) is 0 Å². The molecule has 0 aliphatic heterocycles. The Balaban J connectivity index is 1.86. The molecule has 2 aromatic heterocycles. The Morgan fingerprint density at radius 2 is 2.19 bits per heavy atom. The van der Waals surface area contributed by atoms with Crippen molar-refractivity contribution in [2.24, 2.45) is 0 Å². The lowest BCUT2D eigenvalue weighted by atomic mass is 10.2. The third-order valence-corrected chi connectivity index (χ3v) is 2.98. The van der Waals surface area contributed by atoms with Crippen LogP contribution in [0.2, 0.25) is 5.15 Å². The summed E-state index contributed by atoms with van der Waals surface area (Å²) in [5, 5.41) is 2.75. The molecule has 106 valence electrons. The maximum atomic E-state index is 12.2. The smallest absolute Gasteiger partial charge is 0.258 e. The van der Waals surface area contributed by atoms with E-state index in [2.05, 4.69) is 25.3 Å². The number of benzene rings is 1. The number of aromatic amines is 1. The molecule has 3 rings (SSSR count). The van der Waals surface area contributed by atoms with Crippen LogP contribution in [0.3, 0.4) is 0 Å². The van der Waals surface area contributed by atoms with Crippen LogP contribution >= 0.6 is 11.6 Å². The van der Waals surface area contributed by atoms with E-state index < -0.39 is 0 Å². The number of amides is 1. The third-order valence-electron chi connectivity index (χ3n) is 2.79. The van der Waals surface area contributed by atoms with Crippen LogP contribution in [0.1, 0.15) is 10.4 Å². The molecule has 1 aromatic carbocycles. The summed E-state index contributed by atoms with van der Waals surface area (Å²) in [5.41, 5.74) is 2.01. The minimum absolute atomic E-state index is 0.0778. The topological polar surface area (TPSA) is 92.8 Å². The SMILES string of the molecule is COc1cc(Cl)nc(NC(=O)c2ccc3nc[nH]c3c2)n1. The van der Waals surface area contributed by atoms with Crippen LogP contribution in [0.4, 0.5) is 5.95 Å². The average molecular weight is 304 g/mol. The molecule has 0 aliphatic rings. The number of hydrogen-bond acceptors (Lipinski definition) is 5. The first kappa shape index (κ1) is 13.3. The molecule has 2 heterocycles. The molecule has 0 fully saturated rings. The number of ether oxygens (including phenoxy) is 1. The van der Waals surface area contributed by atoms with E-state index in [4.69, 9.17) is 16.3 Å². The van der Waals surface area contributed by atoms with Gasteiger partial charge in [0.15, 0.2) is 0 Å². The van der Waals surface area contributed by atoms with Gasteiger partial charge in [0.1, 0.15) is 5.15 Å². The minimum Gasteiger partial charge on any atom is -0.481 e. The number of halogens is 1. The Morgan fingerprint density at radius 1 is 1.33 bits per heavy atom. The first-order valence-electron chi connectivity index (χ1n) is 5.99. The lowest BCUT2D eigenvalue weighted by molar-refractivity contribution is 0.102. The summed E-state index contributed by atoms with van der Waals surface area (Å²) >= 11 is 5.83. The van der Waals surface area contributed by atoms with Gasteiger partial charge in [0.25, 0.3) is 5.91 Å². The standard InChI is InChI=1S/C13H10ClN5O2/c1-21-11-5-10(14)17-13(18-11)19-12(20)7-2-3-8-9(4-7)16-6-15-8/h2-6H,1H3,(H,15,16)(H,17,18,19,20). The highest BCUT2D eigenvalue weighted by molar-refractivity contribution is 6.29. The van der Waals surface area contributed by atoms with E-state index in [1.165, 1.54) is 13.2 Å². The number of fused-ring (bicyclic) bond motifs is 1. The van der Waals surface area contributed by atoms with Gasteiger partial charge in [0, 0.05) is 11.6 Å². The van der Waals surface area contributed by atoms with Crippen molar-refractivity contribution in [3.8, 4) is 5.88 Å². The maximum absolute atomic E-state index is 12.2. The fourth-order valence-electron chi connectivity index (χ4n) is 1.81. The third kappa shape index (κ3) is 2.77. The molecule has 0 bridgehead atoms. The largest absolute Gasteiger partial charge is 0.481 e. The number of aromatic nitrogens is 4. The van der Waals surface area contributed by atoms with Gasteiger partial charge in [0.2, 0.25) is 11.8 Å². The molecule has 1 amide bonds. The number of methoxy groups -OCH3 is 1. The van der Waals surface area contributed by atoms with Gasteiger partial charge >= 0.3 is 0 Å². The summed E-state index contributed by atoms with van der Waals surface area (Å²) in [4.78, 5) is 27.1. The zero-order valence-corrected chi connectivity index (χ0v) is 11.7. The van der Waals surface area contributed by atoms with Gasteiger partial charge in [0.05, 0.1) is 24.5 Å². The fourth-order valence-corrected chi connectivity index (χ4v) is 1.98. The average Bonchev–Trinajstić information content (AvgIpc) is 2.93. The number of imidazole rings is 1. The summed E-state index contributed by atoms with van der Waals surface area (Å²) in [5.74, 6) is -0.000743. The number of rotatable bonds is 3. The van der Waals surface area contributed by atoms with Crippen LogP contribution in [0, 0.1) is 0 Å². The Labute approximate surface area is 124 Å². The van der Waals surface area contributed by atoms with Crippen molar-refractivity contribution in [2.45, 2.75) is 0 Å². The van der Waals surface area contributed by atoms with E-state index in [1.54, 1.807) is 24.5 Å². The molecule has 0 saturated heterocycles. The molecule has 0 radical (unpaired) electrons. The van der Waals surface area contributed by atoms with Gasteiger partial charge in [-0.1, -0.05) is 11.6 Å². The van der Waals surface area contributed by atoms with E-state index in [0.717, 1.165) is 11.0 Å². The van der Waals surface area contributed by atoms with Crippen LogP contribution in [0.15, 0.2) is 30.6 Å². The fraction of sp³-hybridized carbons (Fsp3) is 0.0769. The van der Waals surface area contributed by atoms with Crippen molar-refractivity contribution in [1.82, 2.24) is 19.9 Å². The van der Waals surface area contributed by atoms with Crippen LogP contribution < -0.4 is 10.1 Å². The zero-order chi connectivity index (χ0) is 14.8.